The number of carbonyl (C=O) groups excluding carboxylic acids is 1. The molecule has 0 aliphatic carbocycles. The van der Waals surface area contributed by atoms with Crippen molar-refractivity contribution in [2.45, 2.75) is 26.7 Å². The summed E-state index contributed by atoms with van der Waals surface area (Å²) in [6, 6.07) is 13.6. The summed E-state index contributed by atoms with van der Waals surface area (Å²) in [5, 5.41) is 0. The van der Waals surface area contributed by atoms with Crippen LogP contribution < -0.4 is 10.7 Å². The third-order valence-corrected chi connectivity index (χ3v) is 4.41. The van der Waals surface area contributed by atoms with Crippen molar-refractivity contribution < 1.29 is 9.21 Å². The smallest absolute Gasteiger partial charge is 0.408 e. The van der Waals surface area contributed by atoms with Gasteiger partial charge in [0.1, 0.15) is 0 Å². The molecule has 2 aromatic carbocycles. The van der Waals surface area contributed by atoms with Crippen LogP contribution in [0.15, 0.2) is 51.7 Å². The highest BCUT2D eigenvalue weighted by Gasteiger charge is 2.14. The monoisotopic (exact) mass is 338 g/mol. The Kier molecular flexibility index (Phi) is 4.74. The molecule has 1 aromatic heterocycles. The molecule has 130 valence electrons. The molecule has 0 radical (unpaired) electrons. The zero-order chi connectivity index (χ0) is 18.0. The second-order valence-electron chi connectivity index (χ2n) is 6.21. The summed E-state index contributed by atoms with van der Waals surface area (Å²) in [7, 11) is 1.68. The number of hydrogen-bond donors (Lipinski definition) is 0. The SMILES string of the molecule is CCN(C(=O)CCc1ccc2oc(=O)n(C)c2c1)c1cccc(C)c1. The largest absolute Gasteiger partial charge is 0.419 e. The first-order valence-electron chi connectivity index (χ1n) is 8.45. The van der Waals surface area contributed by atoms with E-state index < -0.39 is 0 Å². The average Bonchev–Trinajstić information content (AvgIpc) is 2.88. The molecule has 0 spiro atoms. The molecular formula is C20H22N2O3. The van der Waals surface area contributed by atoms with Crippen LogP contribution in [0.25, 0.3) is 11.1 Å². The molecule has 0 unspecified atom stereocenters. The topological polar surface area (TPSA) is 55.5 Å². The fourth-order valence-corrected chi connectivity index (χ4v) is 3.01. The van der Waals surface area contributed by atoms with Gasteiger partial charge in [0.25, 0.3) is 0 Å². The van der Waals surface area contributed by atoms with Crippen LogP contribution in [0.1, 0.15) is 24.5 Å². The lowest BCUT2D eigenvalue weighted by molar-refractivity contribution is -0.118. The lowest BCUT2D eigenvalue weighted by Gasteiger charge is -2.21. The number of aryl methyl sites for hydroxylation is 3. The van der Waals surface area contributed by atoms with Gasteiger partial charge in [-0.15, -0.1) is 0 Å². The van der Waals surface area contributed by atoms with Crippen LogP contribution in [0.2, 0.25) is 0 Å². The van der Waals surface area contributed by atoms with Gasteiger partial charge in [0.15, 0.2) is 5.58 Å². The van der Waals surface area contributed by atoms with Crippen molar-refractivity contribution in [1.29, 1.82) is 0 Å². The number of carbonyl (C=O) groups is 1. The first kappa shape index (κ1) is 17.0. The van der Waals surface area contributed by atoms with Crippen LogP contribution in [0.4, 0.5) is 5.69 Å². The highest BCUT2D eigenvalue weighted by atomic mass is 16.4. The molecule has 3 rings (SSSR count). The summed E-state index contributed by atoms with van der Waals surface area (Å²) in [6.45, 7) is 4.64. The molecule has 0 aliphatic rings. The molecule has 0 bridgehead atoms. The lowest BCUT2D eigenvalue weighted by Crippen LogP contribution is -2.30. The van der Waals surface area contributed by atoms with E-state index in [0.717, 1.165) is 22.3 Å². The van der Waals surface area contributed by atoms with Crippen molar-refractivity contribution in [3.63, 3.8) is 0 Å². The minimum Gasteiger partial charge on any atom is -0.408 e. The summed E-state index contributed by atoms with van der Waals surface area (Å²) in [6.07, 6.45) is 1.04. The lowest BCUT2D eigenvalue weighted by atomic mass is 10.1. The zero-order valence-electron chi connectivity index (χ0n) is 14.8. The maximum absolute atomic E-state index is 12.6. The van der Waals surface area contributed by atoms with Crippen molar-refractivity contribution in [3.8, 4) is 0 Å². The maximum Gasteiger partial charge on any atom is 0.419 e. The van der Waals surface area contributed by atoms with Gasteiger partial charge in [-0.05, 0) is 55.7 Å². The van der Waals surface area contributed by atoms with Crippen molar-refractivity contribution in [1.82, 2.24) is 4.57 Å². The van der Waals surface area contributed by atoms with Crippen LogP contribution in [0.3, 0.4) is 0 Å². The Morgan fingerprint density at radius 1 is 1.20 bits per heavy atom. The Hall–Kier alpha value is -2.82. The number of fused-ring (bicyclic) bond motifs is 1. The number of benzene rings is 2. The van der Waals surface area contributed by atoms with Crippen molar-refractivity contribution in [2.75, 3.05) is 11.4 Å². The van der Waals surface area contributed by atoms with E-state index >= 15 is 0 Å². The van der Waals surface area contributed by atoms with Gasteiger partial charge in [0.2, 0.25) is 5.91 Å². The second kappa shape index (κ2) is 6.97. The third-order valence-electron chi connectivity index (χ3n) is 4.41. The Morgan fingerprint density at radius 3 is 2.72 bits per heavy atom. The minimum absolute atomic E-state index is 0.0919. The van der Waals surface area contributed by atoms with Gasteiger partial charge in [0.05, 0.1) is 5.52 Å². The number of nitrogens with zero attached hydrogens (tertiary/aromatic N) is 2. The molecule has 0 fully saturated rings. The van der Waals surface area contributed by atoms with Gasteiger partial charge >= 0.3 is 5.76 Å². The molecule has 3 aromatic rings. The van der Waals surface area contributed by atoms with E-state index in [1.807, 2.05) is 50.2 Å². The Labute approximate surface area is 146 Å². The van der Waals surface area contributed by atoms with Gasteiger partial charge < -0.3 is 9.32 Å². The highest BCUT2D eigenvalue weighted by Crippen LogP contribution is 2.19. The highest BCUT2D eigenvalue weighted by molar-refractivity contribution is 5.93. The molecule has 0 aliphatic heterocycles. The van der Waals surface area contributed by atoms with Crippen molar-refractivity contribution >= 4 is 22.7 Å². The predicted octanol–water partition coefficient (Wildman–Crippen LogP) is 3.43. The normalized spacial score (nSPS) is 11.0. The molecule has 0 atom stereocenters. The van der Waals surface area contributed by atoms with Crippen LogP contribution in [0, 0.1) is 6.92 Å². The van der Waals surface area contributed by atoms with Crippen LogP contribution in [-0.2, 0) is 18.3 Å². The Balaban J connectivity index is 1.74. The fourth-order valence-electron chi connectivity index (χ4n) is 3.01. The Morgan fingerprint density at radius 2 is 2.00 bits per heavy atom. The molecule has 0 saturated carbocycles. The third kappa shape index (κ3) is 3.50. The number of aromatic nitrogens is 1. The van der Waals surface area contributed by atoms with Gasteiger partial charge in [-0.1, -0.05) is 18.2 Å². The first-order valence-corrected chi connectivity index (χ1v) is 8.45. The van der Waals surface area contributed by atoms with E-state index in [-0.39, 0.29) is 11.7 Å². The van der Waals surface area contributed by atoms with E-state index in [0.29, 0.717) is 25.0 Å². The fraction of sp³-hybridized carbons (Fsp3) is 0.300. The molecule has 0 N–H and O–H groups in total. The maximum atomic E-state index is 12.6. The quantitative estimate of drug-likeness (QED) is 0.716. The van der Waals surface area contributed by atoms with Gasteiger partial charge in [0, 0.05) is 25.7 Å². The van der Waals surface area contributed by atoms with Crippen molar-refractivity contribution in [3.05, 3.63) is 64.1 Å². The number of hydrogen-bond acceptors (Lipinski definition) is 3. The minimum atomic E-state index is -0.375. The van der Waals surface area contributed by atoms with Crippen LogP contribution in [0.5, 0.6) is 0 Å². The van der Waals surface area contributed by atoms with Crippen LogP contribution in [-0.4, -0.2) is 17.0 Å². The van der Waals surface area contributed by atoms with Gasteiger partial charge in [-0.3, -0.25) is 9.36 Å². The summed E-state index contributed by atoms with van der Waals surface area (Å²) in [5.74, 6) is -0.283. The molecule has 25 heavy (non-hydrogen) atoms. The van der Waals surface area contributed by atoms with Gasteiger partial charge in [-0.25, -0.2) is 4.79 Å². The van der Waals surface area contributed by atoms with E-state index in [2.05, 4.69) is 0 Å². The second-order valence-corrected chi connectivity index (χ2v) is 6.21. The summed E-state index contributed by atoms with van der Waals surface area (Å²) in [4.78, 5) is 26.0. The van der Waals surface area contributed by atoms with E-state index in [9.17, 15) is 9.59 Å². The molecule has 1 amide bonds. The number of oxazole rings is 1. The van der Waals surface area contributed by atoms with E-state index in [1.54, 1.807) is 18.0 Å². The Bertz CT molecular complexity index is 968. The van der Waals surface area contributed by atoms with E-state index in [1.165, 1.54) is 4.57 Å². The van der Waals surface area contributed by atoms with Crippen molar-refractivity contribution in [2.24, 2.45) is 7.05 Å². The summed E-state index contributed by atoms with van der Waals surface area (Å²) < 4.78 is 6.61. The molecule has 1 heterocycles. The number of amides is 1. The zero-order valence-corrected chi connectivity index (χ0v) is 14.8. The molecule has 0 saturated heterocycles. The number of rotatable bonds is 5. The molecular weight excluding hydrogens is 316 g/mol. The van der Waals surface area contributed by atoms with Gasteiger partial charge in [-0.2, -0.15) is 0 Å². The molecule has 5 nitrogen and oxygen atoms in total. The van der Waals surface area contributed by atoms with Crippen LogP contribution >= 0.6 is 0 Å². The number of anilines is 1. The predicted molar refractivity (Wildman–Crippen MR) is 99.0 cm³/mol. The summed E-state index contributed by atoms with van der Waals surface area (Å²) in [5.41, 5.74) is 4.39. The molecule has 5 heteroatoms. The standard InChI is InChI=1S/C20H22N2O3/c1-4-22(16-7-5-6-14(2)12-16)19(23)11-9-15-8-10-18-17(13-15)21(3)20(24)25-18/h5-8,10,12-13H,4,9,11H2,1-3H3. The van der Waals surface area contributed by atoms with E-state index in [4.69, 9.17) is 4.42 Å². The summed E-state index contributed by atoms with van der Waals surface area (Å²) >= 11 is 0. The average molecular weight is 338 g/mol. The first-order chi connectivity index (χ1) is 12.0.